The maximum atomic E-state index is 11.5. The van der Waals surface area contributed by atoms with Gasteiger partial charge in [-0.3, -0.25) is 4.79 Å². The summed E-state index contributed by atoms with van der Waals surface area (Å²) in [5.74, 6) is 0. The SMILES string of the molecule is O=CCn1c(=O)ccc2c(Cl)cccc21. The van der Waals surface area contributed by atoms with Crippen LogP contribution in [-0.2, 0) is 11.3 Å². The van der Waals surface area contributed by atoms with Crippen LogP contribution in [0, 0.1) is 0 Å². The summed E-state index contributed by atoms with van der Waals surface area (Å²) in [5.41, 5.74) is 0.485. The Balaban J connectivity index is 2.87. The Morgan fingerprint density at radius 1 is 1.27 bits per heavy atom. The number of carbonyl (C=O) groups excluding carboxylic acids is 1. The van der Waals surface area contributed by atoms with E-state index in [2.05, 4.69) is 0 Å². The Labute approximate surface area is 90.9 Å². The van der Waals surface area contributed by atoms with Gasteiger partial charge in [-0.25, -0.2) is 0 Å². The van der Waals surface area contributed by atoms with Gasteiger partial charge in [0.05, 0.1) is 12.1 Å². The van der Waals surface area contributed by atoms with Gasteiger partial charge in [-0.2, -0.15) is 0 Å². The van der Waals surface area contributed by atoms with Gasteiger partial charge in [0.25, 0.3) is 5.56 Å². The second kappa shape index (κ2) is 3.87. The van der Waals surface area contributed by atoms with E-state index in [0.717, 1.165) is 5.39 Å². The van der Waals surface area contributed by atoms with Gasteiger partial charge < -0.3 is 9.36 Å². The van der Waals surface area contributed by atoms with Crippen molar-refractivity contribution in [3.8, 4) is 0 Å². The minimum atomic E-state index is -0.197. The Morgan fingerprint density at radius 2 is 2.07 bits per heavy atom. The minimum Gasteiger partial charge on any atom is -0.301 e. The molecule has 15 heavy (non-hydrogen) atoms. The number of rotatable bonds is 2. The fourth-order valence-corrected chi connectivity index (χ4v) is 1.78. The van der Waals surface area contributed by atoms with Crippen molar-refractivity contribution in [2.24, 2.45) is 0 Å². The van der Waals surface area contributed by atoms with Gasteiger partial charge in [0.15, 0.2) is 0 Å². The van der Waals surface area contributed by atoms with Gasteiger partial charge in [0, 0.05) is 16.5 Å². The third-order valence-electron chi connectivity index (χ3n) is 2.24. The molecule has 0 unspecified atom stereocenters. The molecule has 0 aliphatic rings. The van der Waals surface area contributed by atoms with Crippen LogP contribution in [0.5, 0.6) is 0 Å². The average Bonchev–Trinajstić information content (AvgIpc) is 2.23. The number of aromatic nitrogens is 1. The molecule has 0 bridgehead atoms. The van der Waals surface area contributed by atoms with Crippen molar-refractivity contribution in [1.29, 1.82) is 0 Å². The molecule has 2 aromatic rings. The molecule has 0 amide bonds. The molecule has 4 heteroatoms. The predicted molar refractivity (Wildman–Crippen MR) is 59.3 cm³/mol. The Bertz CT molecular complexity index is 574. The van der Waals surface area contributed by atoms with Crippen LogP contribution in [0.4, 0.5) is 0 Å². The minimum absolute atomic E-state index is 0.0521. The van der Waals surface area contributed by atoms with Gasteiger partial charge in [0.2, 0.25) is 0 Å². The first kappa shape index (κ1) is 9.93. The molecule has 2 rings (SSSR count). The van der Waals surface area contributed by atoms with Crippen molar-refractivity contribution in [2.45, 2.75) is 6.54 Å². The molecule has 0 radical (unpaired) electrons. The molecule has 0 atom stereocenters. The Hall–Kier alpha value is -1.61. The Kier molecular flexibility index (Phi) is 2.56. The van der Waals surface area contributed by atoms with Gasteiger partial charge in [0.1, 0.15) is 6.29 Å². The molecule has 0 saturated carbocycles. The highest BCUT2D eigenvalue weighted by atomic mass is 35.5. The maximum Gasteiger partial charge on any atom is 0.251 e. The third kappa shape index (κ3) is 1.66. The number of halogens is 1. The number of nitrogens with zero attached hydrogens (tertiary/aromatic N) is 1. The monoisotopic (exact) mass is 221 g/mol. The first-order valence-electron chi connectivity index (χ1n) is 4.46. The molecule has 1 aromatic heterocycles. The van der Waals surface area contributed by atoms with Crippen molar-refractivity contribution in [1.82, 2.24) is 4.57 Å². The van der Waals surface area contributed by atoms with E-state index in [9.17, 15) is 9.59 Å². The number of carbonyl (C=O) groups is 1. The molecule has 0 aliphatic carbocycles. The van der Waals surface area contributed by atoms with Gasteiger partial charge >= 0.3 is 0 Å². The highest BCUT2D eigenvalue weighted by Crippen LogP contribution is 2.21. The van der Waals surface area contributed by atoms with E-state index >= 15 is 0 Å². The first-order valence-corrected chi connectivity index (χ1v) is 4.83. The van der Waals surface area contributed by atoms with Gasteiger partial charge in [-0.05, 0) is 18.2 Å². The molecule has 0 aliphatic heterocycles. The Morgan fingerprint density at radius 3 is 2.80 bits per heavy atom. The number of benzene rings is 1. The van der Waals surface area contributed by atoms with Crippen LogP contribution in [0.1, 0.15) is 0 Å². The number of hydrogen-bond acceptors (Lipinski definition) is 2. The fraction of sp³-hybridized carbons (Fsp3) is 0.0909. The molecule has 1 heterocycles. The summed E-state index contributed by atoms with van der Waals surface area (Å²) in [6.07, 6.45) is 0.696. The highest BCUT2D eigenvalue weighted by Gasteiger charge is 2.04. The van der Waals surface area contributed by atoms with Crippen molar-refractivity contribution in [3.63, 3.8) is 0 Å². The van der Waals surface area contributed by atoms with E-state index in [-0.39, 0.29) is 12.1 Å². The van der Waals surface area contributed by atoms with Crippen molar-refractivity contribution >= 4 is 28.8 Å². The second-order valence-corrected chi connectivity index (χ2v) is 3.53. The summed E-state index contributed by atoms with van der Waals surface area (Å²) in [6, 6.07) is 8.36. The van der Waals surface area contributed by atoms with E-state index in [4.69, 9.17) is 11.6 Å². The lowest BCUT2D eigenvalue weighted by Gasteiger charge is -2.07. The zero-order valence-electron chi connectivity index (χ0n) is 7.81. The molecule has 0 N–H and O–H groups in total. The molecule has 0 spiro atoms. The van der Waals surface area contributed by atoms with E-state index in [1.807, 2.05) is 0 Å². The summed E-state index contributed by atoms with van der Waals surface area (Å²) in [5, 5.41) is 1.35. The normalized spacial score (nSPS) is 10.5. The molecule has 3 nitrogen and oxygen atoms in total. The summed E-state index contributed by atoms with van der Waals surface area (Å²) in [7, 11) is 0. The van der Waals surface area contributed by atoms with Crippen LogP contribution in [0.2, 0.25) is 5.02 Å². The van der Waals surface area contributed by atoms with Crippen LogP contribution in [0.3, 0.4) is 0 Å². The predicted octanol–water partition coefficient (Wildman–Crippen LogP) is 1.85. The van der Waals surface area contributed by atoms with Crippen LogP contribution in [0.15, 0.2) is 35.1 Å². The van der Waals surface area contributed by atoms with Crippen molar-refractivity contribution in [3.05, 3.63) is 45.7 Å². The topological polar surface area (TPSA) is 39.1 Å². The molecular formula is C11H8ClNO2. The number of hydrogen-bond donors (Lipinski definition) is 0. The second-order valence-electron chi connectivity index (χ2n) is 3.12. The largest absolute Gasteiger partial charge is 0.301 e. The van der Waals surface area contributed by atoms with E-state index in [1.165, 1.54) is 10.6 Å². The summed E-state index contributed by atoms with van der Waals surface area (Å²) in [6.45, 7) is 0.0521. The van der Waals surface area contributed by atoms with Gasteiger partial charge in [-0.1, -0.05) is 17.7 Å². The van der Waals surface area contributed by atoms with Crippen molar-refractivity contribution in [2.75, 3.05) is 0 Å². The van der Waals surface area contributed by atoms with Crippen LogP contribution >= 0.6 is 11.6 Å². The standard InChI is InChI=1S/C11H8ClNO2/c12-9-2-1-3-10-8(9)4-5-11(15)13(10)6-7-14/h1-5,7H,6H2. The lowest BCUT2D eigenvalue weighted by Crippen LogP contribution is -2.19. The maximum absolute atomic E-state index is 11.5. The number of pyridine rings is 1. The fourth-order valence-electron chi connectivity index (χ4n) is 1.55. The number of aldehydes is 1. The highest BCUT2D eigenvalue weighted by molar-refractivity contribution is 6.35. The summed E-state index contributed by atoms with van der Waals surface area (Å²) >= 11 is 5.98. The zero-order valence-corrected chi connectivity index (χ0v) is 8.57. The van der Waals surface area contributed by atoms with Crippen LogP contribution < -0.4 is 5.56 Å². The van der Waals surface area contributed by atoms with Crippen LogP contribution in [-0.4, -0.2) is 10.9 Å². The number of fused-ring (bicyclic) bond motifs is 1. The summed E-state index contributed by atoms with van der Waals surface area (Å²) < 4.78 is 1.40. The van der Waals surface area contributed by atoms with E-state index < -0.39 is 0 Å². The lowest BCUT2D eigenvalue weighted by atomic mass is 10.2. The molecular weight excluding hydrogens is 214 g/mol. The quantitative estimate of drug-likeness (QED) is 0.726. The zero-order chi connectivity index (χ0) is 10.8. The third-order valence-corrected chi connectivity index (χ3v) is 2.57. The molecule has 0 fully saturated rings. The smallest absolute Gasteiger partial charge is 0.251 e. The first-order chi connectivity index (χ1) is 7.24. The molecule has 76 valence electrons. The van der Waals surface area contributed by atoms with Gasteiger partial charge in [-0.15, -0.1) is 0 Å². The summed E-state index contributed by atoms with van der Waals surface area (Å²) in [4.78, 5) is 22.0. The van der Waals surface area contributed by atoms with E-state index in [1.54, 1.807) is 24.3 Å². The van der Waals surface area contributed by atoms with Crippen LogP contribution in [0.25, 0.3) is 10.9 Å². The lowest BCUT2D eigenvalue weighted by molar-refractivity contribution is -0.108. The van der Waals surface area contributed by atoms with Crippen molar-refractivity contribution < 1.29 is 4.79 Å². The molecule has 0 saturated heterocycles. The average molecular weight is 222 g/mol. The molecule has 1 aromatic carbocycles. The van der Waals surface area contributed by atoms with E-state index in [0.29, 0.717) is 16.8 Å².